The Morgan fingerprint density at radius 2 is 1.85 bits per heavy atom. The lowest BCUT2D eigenvalue weighted by Gasteiger charge is -2.34. The molecular weight excluding hydrogens is 250 g/mol. The van der Waals surface area contributed by atoms with Crippen molar-refractivity contribution in [3.05, 3.63) is 0 Å². The van der Waals surface area contributed by atoms with E-state index in [-0.39, 0.29) is 12.0 Å². The van der Waals surface area contributed by atoms with Crippen LogP contribution in [-0.2, 0) is 4.79 Å². The maximum Gasteiger partial charge on any atom is 0.227 e. The Hall–Kier alpha value is -0.610. The van der Waals surface area contributed by atoms with Gasteiger partial charge in [0.2, 0.25) is 5.91 Å². The molecule has 4 heteroatoms. The van der Waals surface area contributed by atoms with Crippen molar-refractivity contribution in [1.29, 1.82) is 0 Å². The normalized spacial score (nSPS) is 39.4. The first-order valence-electron chi connectivity index (χ1n) is 8.43. The van der Waals surface area contributed by atoms with Gasteiger partial charge in [-0.15, -0.1) is 0 Å². The molecule has 4 unspecified atom stereocenters. The first kappa shape index (κ1) is 14.3. The Balaban J connectivity index is 1.57. The first-order valence-corrected chi connectivity index (χ1v) is 8.43. The number of nitrogens with zero attached hydrogens (tertiary/aromatic N) is 2. The van der Waals surface area contributed by atoms with Gasteiger partial charge in [0, 0.05) is 25.2 Å². The summed E-state index contributed by atoms with van der Waals surface area (Å²) in [6.45, 7) is 6.59. The van der Waals surface area contributed by atoms with Crippen molar-refractivity contribution in [3.63, 3.8) is 0 Å². The number of hydrogen-bond donors (Lipinski definition) is 1. The number of rotatable bonds is 2. The summed E-state index contributed by atoms with van der Waals surface area (Å²) in [4.78, 5) is 17.4. The fourth-order valence-corrected chi connectivity index (χ4v) is 4.27. The molecule has 2 heterocycles. The molecule has 2 saturated heterocycles. The quantitative estimate of drug-likeness (QED) is 0.832. The van der Waals surface area contributed by atoms with E-state index in [1.807, 2.05) is 0 Å². The summed E-state index contributed by atoms with van der Waals surface area (Å²) >= 11 is 0. The fraction of sp³-hybridized carbons (Fsp3) is 0.938. The predicted octanol–water partition coefficient (Wildman–Crippen LogP) is 1.45. The molecule has 4 nitrogen and oxygen atoms in total. The lowest BCUT2D eigenvalue weighted by Crippen LogP contribution is -2.47. The maximum atomic E-state index is 12.7. The summed E-state index contributed by atoms with van der Waals surface area (Å²) in [5.41, 5.74) is 6.21. The standard InChI is InChI=1S/C16H29N3O/c1-12-4-5-15(17)14(10-12)16(20)19-9-6-13(11-19)18-7-2-3-8-18/h12-15H,2-11,17H2,1H3. The van der Waals surface area contributed by atoms with Crippen LogP contribution < -0.4 is 5.73 Å². The van der Waals surface area contributed by atoms with Crippen LogP contribution in [0.4, 0.5) is 0 Å². The Kier molecular flexibility index (Phi) is 4.32. The second kappa shape index (κ2) is 6.02. The highest BCUT2D eigenvalue weighted by atomic mass is 16.2. The van der Waals surface area contributed by atoms with E-state index in [9.17, 15) is 4.79 Å². The molecule has 1 saturated carbocycles. The Bertz CT molecular complexity index is 354. The van der Waals surface area contributed by atoms with E-state index in [1.165, 1.54) is 32.4 Å². The molecule has 0 spiro atoms. The van der Waals surface area contributed by atoms with Gasteiger partial charge in [0.15, 0.2) is 0 Å². The summed E-state index contributed by atoms with van der Waals surface area (Å²) < 4.78 is 0. The number of hydrogen-bond acceptors (Lipinski definition) is 3. The van der Waals surface area contributed by atoms with Gasteiger partial charge in [-0.1, -0.05) is 6.92 Å². The van der Waals surface area contributed by atoms with Gasteiger partial charge in [0.05, 0.1) is 5.92 Å². The van der Waals surface area contributed by atoms with Crippen molar-refractivity contribution in [2.45, 2.75) is 57.5 Å². The van der Waals surface area contributed by atoms with Gasteiger partial charge in [-0.25, -0.2) is 0 Å². The molecule has 3 aliphatic rings. The molecule has 20 heavy (non-hydrogen) atoms. The third kappa shape index (κ3) is 2.86. The summed E-state index contributed by atoms with van der Waals surface area (Å²) in [6.07, 6.45) is 7.00. The molecule has 1 amide bonds. The smallest absolute Gasteiger partial charge is 0.227 e. The third-order valence-corrected chi connectivity index (χ3v) is 5.62. The van der Waals surface area contributed by atoms with Gasteiger partial charge in [-0.05, 0) is 57.5 Å². The average Bonchev–Trinajstić information content (AvgIpc) is 3.10. The minimum absolute atomic E-state index is 0.0797. The zero-order chi connectivity index (χ0) is 14.1. The molecule has 0 aromatic heterocycles. The van der Waals surface area contributed by atoms with Gasteiger partial charge < -0.3 is 10.6 Å². The van der Waals surface area contributed by atoms with E-state index in [2.05, 4.69) is 16.7 Å². The van der Waals surface area contributed by atoms with Crippen LogP contribution in [0.5, 0.6) is 0 Å². The van der Waals surface area contributed by atoms with Crippen molar-refractivity contribution in [2.24, 2.45) is 17.6 Å². The van der Waals surface area contributed by atoms with Crippen LogP contribution in [0.25, 0.3) is 0 Å². The summed E-state index contributed by atoms with van der Waals surface area (Å²) in [7, 11) is 0. The van der Waals surface area contributed by atoms with E-state index in [0.29, 0.717) is 17.9 Å². The zero-order valence-electron chi connectivity index (χ0n) is 12.8. The van der Waals surface area contributed by atoms with E-state index >= 15 is 0 Å². The van der Waals surface area contributed by atoms with Gasteiger partial charge in [0.1, 0.15) is 0 Å². The van der Waals surface area contributed by atoms with E-state index in [0.717, 1.165) is 32.4 Å². The second-order valence-electron chi connectivity index (χ2n) is 7.16. The van der Waals surface area contributed by atoms with Crippen molar-refractivity contribution < 1.29 is 4.79 Å². The second-order valence-corrected chi connectivity index (χ2v) is 7.16. The molecular formula is C16H29N3O. The van der Waals surface area contributed by atoms with Gasteiger partial charge in [-0.3, -0.25) is 9.69 Å². The lowest BCUT2D eigenvalue weighted by atomic mass is 9.78. The van der Waals surface area contributed by atoms with Crippen molar-refractivity contribution in [2.75, 3.05) is 26.2 Å². The number of carbonyl (C=O) groups excluding carboxylic acids is 1. The average molecular weight is 279 g/mol. The number of likely N-dealkylation sites (tertiary alicyclic amines) is 2. The minimum atomic E-state index is 0.0797. The van der Waals surface area contributed by atoms with Gasteiger partial charge in [0.25, 0.3) is 0 Å². The molecule has 3 rings (SSSR count). The molecule has 0 radical (unpaired) electrons. The molecule has 0 aromatic rings. The van der Waals surface area contributed by atoms with E-state index in [1.54, 1.807) is 0 Å². The number of amides is 1. The molecule has 0 bridgehead atoms. The van der Waals surface area contributed by atoms with Gasteiger partial charge >= 0.3 is 0 Å². The zero-order valence-corrected chi connectivity index (χ0v) is 12.8. The molecule has 2 N–H and O–H groups in total. The lowest BCUT2D eigenvalue weighted by molar-refractivity contribution is -0.136. The molecule has 114 valence electrons. The third-order valence-electron chi connectivity index (χ3n) is 5.62. The van der Waals surface area contributed by atoms with Crippen LogP contribution in [0.2, 0.25) is 0 Å². The highest BCUT2D eigenvalue weighted by molar-refractivity contribution is 5.80. The first-order chi connectivity index (χ1) is 9.65. The Morgan fingerprint density at radius 1 is 1.10 bits per heavy atom. The van der Waals surface area contributed by atoms with E-state index in [4.69, 9.17) is 5.73 Å². The van der Waals surface area contributed by atoms with Crippen LogP contribution in [-0.4, -0.2) is 54.0 Å². The highest BCUT2D eigenvalue weighted by Crippen LogP contribution is 2.31. The van der Waals surface area contributed by atoms with Crippen molar-refractivity contribution in [3.8, 4) is 0 Å². The van der Waals surface area contributed by atoms with Crippen molar-refractivity contribution >= 4 is 5.91 Å². The summed E-state index contributed by atoms with van der Waals surface area (Å²) in [5, 5.41) is 0. The maximum absolute atomic E-state index is 12.7. The Morgan fingerprint density at radius 3 is 2.60 bits per heavy atom. The molecule has 1 aliphatic carbocycles. The van der Waals surface area contributed by atoms with Crippen LogP contribution >= 0.6 is 0 Å². The van der Waals surface area contributed by atoms with Crippen LogP contribution in [0.1, 0.15) is 45.4 Å². The van der Waals surface area contributed by atoms with Crippen LogP contribution in [0.15, 0.2) is 0 Å². The van der Waals surface area contributed by atoms with Crippen LogP contribution in [0.3, 0.4) is 0 Å². The predicted molar refractivity (Wildman–Crippen MR) is 80.3 cm³/mol. The van der Waals surface area contributed by atoms with Crippen molar-refractivity contribution in [1.82, 2.24) is 9.80 Å². The molecule has 4 atom stereocenters. The fourth-order valence-electron chi connectivity index (χ4n) is 4.27. The number of carbonyl (C=O) groups is 1. The van der Waals surface area contributed by atoms with Crippen LogP contribution in [0, 0.1) is 11.8 Å². The monoisotopic (exact) mass is 279 g/mol. The van der Waals surface area contributed by atoms with Gasteiger partial charge in [-0.2, -0.15) is 0 Å². The Labute approximate surface area is 122 Å². The SMILES string of the molecule is CC1CCC(N)C(C(=O)N2CCC(N3CCCC3)C2)C1. The van der Waals surface area contributed by atoms with E-state index < -0.39 is 0 Å². The number of nitrogens with two attached hydrogens (primary N) is 1. The topological polar surface area (TPSA) is 49.6 Å². The molecule has 0 aromatic carbocycles. The summed E-state index contributed by atoms with van der Waals surface area (Å²) in [6, 6.07) is 0.697. The highest BCUT2D eigenvalue weighted by Gasteiger charge is 2.38. The molecule has 3 fully saturated rings. The largest absolute Gasteiger partial charge is 0.341 e. The minimum Gasteiger partial charge on any atom is -0.341 e. The summed E-state index contributed by atoms with van der Waals surface area (Å²) in [5.74, 6) is 1.07. The molecule has 2 aliphatic heterocycles.